The maximum atomic E-state index is 13.3. The Kier molecular flexibility index (Phi) is 5.08. The highest BCUT2D eigenvalue weighted by molar-refractivity contribution is 8.13. The van der Waals surface area contributed by atoms with E-state index in [1.165, 1.54) is 0 Å². The Labute approximate surface area is 115 Å². The van der Waals surface area contributed by atoms with E-state index in [4.69, 9.17) is 10.7 Å². The summed E-state index contributed by atoms with van der Waals surface area (Å²) in [6, 6.07) is 2.54. The van der Waals surface area contributed by atoms with E-state index in [9.17, 15) is 17.6 Å². The normalized spacial score (nSPS) is 12.8. The van der Waals surface area contributed by atoms with Crippen LogP contribution in [0.4, 0.5) is 4.39 Å². The molecule has 1 atom stereocenters. The largest absolute Gasteiger partial charge is 0.349 e. The molecule has 104 valence electrons. The Bertz CT molecular complexity index is 601. The third-order valence-electron chi connectivity index (χ3n) is 2.31. The molecule has 1 rings (SSSR count). The molecule has 0 saturated carbocycles. The zero-order chi connectivity index (χ0) is 14.6. The lowest BCUT2D eigenvalue weighted by Gasteiger charge is -2.12. The lowest BCUT2D eigenvalue weighted by Crippen LogP contribution is -2.32. The van der Waals surface area contributed by atoms with Crippen molar-refractivity contribution in [1.29, 1.82) is 0 Å². The van der Waals surface area contributed by atoms with Crippen molar-refractivity contribution in [2.75, 3.05) is 0 Å². The second kappa shape index (κ2) is 6.16. The first-order chi connectivity index (χ1) is 8.74. The topological polar surface area (TPSA) is 63.2 Å². The van der Waals surface area contributed by atoms with Crippen LogP contribution in [-0.2, 0) is 9.05 Å². The number of carbonyl (C=O) groups excluding carboxylic acids is 1. The highest BCUT2D eigenvalue weighted by Gasteiger charge is 2.16. The van der Waals surface area contributed by atoms with Gasteiger partial charge in [-0.3, -0.25) is 4.79 Å². The van der Waals surface area contributed by atoms with E-state index in [0.29, 0.717) is 6.42 Å². The van der Waals surface area contributed by atoms with E-state index >= 15 is 0 Å². The molecular formula is C12H13ClFNO3S. The molecule has 0 aliphatic carbocycles. The van der Waals surface area contributed by atoms with Gasteiger partial charge in [0.1, 0.15) is 5.82 Å². The molecular weight excluding hydrogens is 293 g/mol. The molecule has 0 aromatic heterocycles. The summed E-state index contributed by atoms with van der Waals surface area (Å²) >= 11 is 0. The fraction of sp³-hybridized carbons (Fsp3) is 0.250. The average Bonchev–Trinajstić information content (AvgIpc) is 2.27. The van der Waals surface area contributed by atoms with Crippen LogP contribution in [0.5, 0.6) is 0 Å². The molecule has 7 heteroatoms. The fourth-order valence-corrected chi connectivity index (χ4v) is 2.24. The first kappa shape index (κ1) is 15.7. The summed E-state index contributed by atoms with van der Waals surface area (Å²) in [5.74, 6) is -1.42. The van der Waals surface area contributed by atoms with E-state index < -0.39 is 25.7 Å². The zero-order valence-corrected chi connectivity index (χ0v) is 11.8. The van der Waals surface area contributed by atoms with Crippen molar-refractivity contribution in [1.82, 2.24) is 5.32 Å². The standard InChI is InChI=1S/C12H13ClFNO3S/c1-3-4-8(2)15-12(16)9-5-10(14)7-11(6-9)19(13,17)18/h3,5-8H,1,4H2,2H3,(H,15,16). The van der Waals surface area contributed by atoms with Crippen molar-refractivity contribution in [3.63, 3.8) is 0 Å². The van der Waals surface area contributed by atoms with E-state index in [0.717, 1.165) is 18.2 Å². The maximum Gasteiger partial charge on any atom is 0.261 e. The van der Waals surface area contributed by atoms with Gasteiger partial charge in [0.15, 0.2) is 0 Å². The summed E-state index contributed by atoms with van der Waals surface area (Å²) in [7, 11) is 1.04. The molecule has 1 aromatic rings. The molecule has 19 heavy (non-hydrogen) atoms. The molecule has 0 aliphatic heterocycles. The van der Waals surface area contributed by atoms with Crippen LogP contribution in [0.1, 0.15) is 23.7 Å². The number of halogens is 2. The van der Waals surface area contributed by atoms with Gasteiger partial charge in [0.05, 0.1) is 4.90 Å². The van der Waals surface area contributed by atoms with E-state index in [2.05, 4.69) is 11.9 Å². The first-order valence-corrected chi connectivity index (χ1v) is 7.72. The molecule has 0 spiro atoms. The smallest absolute Gasteiger partial charge is 0.261 e. The minimum atomic E-state index is -4.08. The summed E-state index contributed by atoms with van der Waals surface area (Å²) in [5, 5.41) is 2.59. The molecule has 1 aromatic carbocycles. The Hall–Kier alpha value is -1.40. The lowest BCUT2D eigenvalue weighted by atomic mass is 10.1. The van der Waals surface area contributed by atoms with Crippen molar-refractivity contribution in [3.05, 3.63) is 42.2 Å². The van der Waals surface area contributed by atoms with Crippen LogP contribution < -0.4 is 5.32 Å². The van der Waals surface area contributed by atoms with Crippen LogP contribution in [0.2, 0.25) is 0 Å². The van der Waals surface area contributed by atoms with Gasteiger partial charge >= 0.3 is 0 Å². The van der Waals surface area contributed by atoms with Gasteiger partial charge in [-0.2, -0.15) is 0 Å². The summed E-state index contributed by atoms with van der Waals surface area (Å²) in [4.78, 5) is 11.4. The van der Waals surface area contributed by atoms with Crippen LogP contribution in [0.15, 0.2) is 35.7 Å². The quantitative estimate of drug-likeness (QED) is 0.671. The molecule has 0 fully saturated rings. The molecule has 0 bridgehead atoms. The lowest BCUT2D eigenvalue weighted by molar-refractivity contribution is 0.0940. The number of carbonyl (C=O) groups is 1. The molecule has 1 N–H and O–H groups in total. The highest BCUT2D eigenvalue weighted by atomic mass is 35.7. The monoisotopic (exact) mass is 305 g/mol. The number of nitrogens with one attached hydrogen (secondary N) is 1. The van der Waals surface area contributed by atoms with Gasteiger partial charge in [-0.05, 0) is 31.5 Å². The van der Waals surface area contributed by atoms with Gasteiger partial charge < -0.3 is 5.32 Å². The van der Waals surface area contributed by atoms with Crippen molar-refractivity contribution in [2.45, 2.75) is 24.3 Å². The molecule has 1 amide bonds. The number of hydrogen-bond donors (Lipinski definition) is 1. The van der Waals surface area contributed by atoms with E-state index in [-0.39, 0.29) is 11.6 Å². The summed E-state index contributed by atoms with van der Waals surface area (Å²) in [6.45, 7) is 5.28. The third-order valence-corrected chi connectivity index (χ3v) is 3.65. The van der Waals surface area contributed by atoms with Crippen LogP contribution >= 0.6 is 10.7 Å². The van der Waals surface area contributed by atoms with Crippen molar-refractivity contribution >= 4 is 25.6 Å². The predicted molar refractivity (Wildman–Crippen MR) is 71.2 cm³/mol. The second-order valence-electron chi connectivity index (χ2n) is 4.01. The van der Waals surface area contributed by atoms with Gasteiger partial charge in [-0.1, -0.05) is 6.08 Å². The molecule has 0 heterocycles. The molecule has 0 aliphatic rings. The molecule has 0 saturated heterocycles. The number of amides is 1. The minimum Gasteiger partial charge on any atom is -0.349 e. The zero-order valence-electron chi connectivity index (χ0n) is 10.2. The van der Waals surface area contributed by atoms with Crippen molar-refractivity contribution in [3.8, 4) is 0 Å². The van der Waals surface area contributed by atoms with Gasteiger partial charge in [-0.15, -0.1) is 6.58 Å². The summed E-state index contributed by atoms with van der Waals surface area (Å²) < 4.78 is 35.6. The average molecular weight is 306 g/mol. The predicted octanol–water partition coefficient (Wildman–Crippen LogP) is 2.45. The summed E-state index contributed by atoms with van der Waals surface area (Å²) in [6.07, 6.45) is 2.17. The molecule has 4 nitrogen and oxygen atoms in total. The van der Waals surface area contributed by atoms with Crippen LogP contribution in [0.25, 0.3) is 0 Å². The fourth-order valence-electron chi connectivity index (χ4n) is 1.45. The van der Waals surface area contributed by atoms with Gasteiger partial charge in [0.25, 0.3) is 15.0 Å². The SMILES string of the molecule is C=CCC(C)NC(=O)c1cc(F)cc(S(=O)(=O)Cl)c1. The summed E-state index contributed by atoms with van der Waals surface area (Å²) in [5.41, 5.74) is -0.102. The Balaban J connectivity index is 3.04. The number of benzene rings is 1. The van der Waals surface area contributed by atoms with E-state index in [1.807, 2.05) is 0 Å². The van der Waals surface area contributed by atoms with Crippen LogP contribution in [-0.4, -0.2) is 20.4 Å². The van der Waals surface area contributed by atoms with Crippen LogP contribution in [0.3, 0.4) is 0 Å². The van der Waals surface area contributed by atoms with Gasteiger partial charge in [-0.25, -0.2) is 12.8 Å². The first-order valence-electron chi connectivity index (χ1n) is 5.41. The van der Waals surface area contributed by atoms with Crippen molar-refractivity contribution < 1.29 is 17.6 Å². The maximum absolute atomic E-state index is 13.3. The van der Waals surface area contributed by atoms with Gasteiger partial charge in [0, 0.05) is 22.3 Å². The Morgan fingerprint density at radius 3 is 2.68 bits per heavy atom. The van der Waals surface area contributed by atoms with Crippen LogP contribution in [0, 0.1) is 5.82 Å². The number of hydrogen-bond acceptors (Lipinski definition) is 3. The third kappa shape index (κ3) is 4.65. The Morgan fingerprint density at radius 2 is 2.16 bits per heavy atom. The molecule has 1 unspecified atom stereocenters. The minimum absolute atomic E-state index is 0.102. The van der Waals surface area contributed by atoms with Crippen molar-refractivity contribution in [2.24, 2.45) is 0 Å². The van der Waals surface area contributed by atoms with E-state index in [1.54, 1.807) is 13.0 Å². The highest BCUT2D eigenvalue weighted by Crippen LogP contribution is 2.18. The number of rotatable bonds is 5. The second-order valence-corrected chi connectivity index (χ2v) is 6.58. The Morgan fingerprint density at radius 1 is 1.53 bits per heavy atom. The van der Waals surface area contributed by atoms with Gasteiger partial charge in [0.2, 0.25) is 0 Å². The molecule has 0 radical (unpaired) electrons.